The number of carbonyl (C=O) groups excluding carboxylic acids is 1. The lowest BCUT2D eigenvalue weighted by atomic mass is 9.71. The molecule has 1 aromatic carbocycles. The van der Waals surface area contributed by atoms with Crippen LogP contribution in [0.1, 0.15) is 78.6 Å². The van der Waals surface area contributed by atoms with Crippen LogP contribution in [-0.4, -0.2) is 35.5 Å². The molecule has 0 radical (unpaired) electrons. The van der Waals surface area contributed by atoms with Gasteiger partial charge in [0.1, 0.15) is 24.8 Å². The van der Waals surface area contributed by atoms with Crippen molar-refractivity contribution in [3.05, 3.63) is 56.0 Å². The Kier molecular flexibility index (Phi) is 5.63. The van der Waals surface area contributed by atoms with Crippen LogP contribution >= 0.6 is 0 Å². The summed E-state index contributed by atoms with van der Waals surface area (Å²) in [5.74, 6) is 1.69. The normalized spacial score (nSPS) is 20.2. The molecule has 0 bridgehead atoms. The first-order chi connectivity index (χ1) is 16.3. The molecule has 7 heteroatoms. The van der Waals surface area contributed by atoms with E-state index in [0.29, 0.717) is 38.2 Å². The fourth-order valence-electron chi connectivity index (χ4n) is 6.20. The molecule has 1 aliphatic carbocycles. The van der Waals surface area contributed by atoms with Crippen molar-refractivity contribution in [2.45, 2.75) is 70.8 Å². The molecule has 0 saturated heterocycles. The molecule has 1 N–H and O–H groups in total. The number of nitrogens with zero attached hydrogens (tertiary/aromatic N) is 2. The number of hydrogen-bond acceptors (Lipinski definition) is 5. The van der Waals surface area contributed by atoms with Gasteiger partial charge in [0.25, 0.3) is 5.56 Å². The highest BCUT2D eigenvalue weighted by atomic mass is 16.6. The summed E-state index contributed by atoms with van der Waals surface area (Å²) in [7, 11) is 0. The zero-order chi connectivity index (χ0) is 24.0. The number of aromatic amines is 1. The molecule has 1 saturated carbocycles. The number of aromatic nitrogens is 1. The summed E-state index contributed by atoms with van der Waals surface area (Å²) >= 11 is 0. The van der Waals surface area contributed by atoms with Crippen molar-refractivity contribution in [2.75, 3.05) is 19.8 Å². The molecule has 1 amide bonds. The van der Waals surface area contributed by atoms with Gasteiger partial charge in [-0.15, -0.1) is 0 Å². The molecule has 0 unspecified atom stereocenters. The number of aryl methyl sites for hydroxylation is 1. The smallest absolute Gasteiger partial charge is 0.266 e. The number of pyridine rings is 1. The Morgan fingerprint density at radius 1 is 1.21 bits per heavy atom. The van der Waals surface area contributed by atoms with Gasteiger partial charge in [0.05, 0.1) is 6.04 Å². The third-order valence-electron chi connectivity index (χ3n) is 8.07. The number of benzene rings is 1. The van der Waals surface area contributed by atoms with Crippen LogP contribution in [0.3, 0.4) is 0 Å². The van der Waals surface area contributed by atoms with Gasteiger partial charge in [-0.25, -0.2) is 0 Å². The van der Waals surface area contributed by atoms with Gasteiger partial charge < -0.3 is 19.4 Å². The lowest BCUT2D eigenvalue weighted by molar-refractivity contribution is -0.135. The van der Waals surface area contributed by atoms with Gasteiger partial charge in [-0.1, -0.05) is 12.8 Å². The van der Waals surface area contributed by atoms with Crippen molar-refractivity contribution in [2.24, 2.45) is 0 Å². The van der Waals surface area contributed by atoms with Crippen LogP contribution in [-0.2, 0) is 16.6 Å². The predicted molar refractivity (Wildman–Crippen MR) is 127 cm³/mol. The molecule has 2 aromatic rings. The first kappa shape index (κ1) is 22.5. The van der Waals surface area contributed by atoms with Crippen LogP contribution in [0.5, 0.6) is 11.5 Å². The number of carbonyl (C=O) groups is 1. The van der Waals surface area contributed by atoms with Crippen molar-refractivity contribution in [3.8, 4) is 17.6 Å². The van der Waals surface area contributed by atoms with Gasteiger partial charge in [-0.3, -0.25) is 9.59 Å². The molecule has 34 heavy (non-hydrogen) atoms. The van der Waals surface area contributed by atoms with E-state index in [0.717, 1.165) is 54.0 Å². The summed E-state index contributed by atoms with van der Waals surface area (Å²) in [6.45, 7) is 7.53. The SMILES string of the molecule is Cc1[nH]c(=O)c(C#N)c(C)c1CCC(=O)N1CC2(CCCC2)c2cc3c(cc2[C@@H]1C)OCCO3. The van der Waals surface area contributed by atoms with E-state index in [-0.39, 0.29) is 28.5 Å². The quantitative estimate of drug-likeness (QED) is 0.746. The van der Waals surface area contributed by atoms with Crippen molar-refractivity contribution in [1.29, 1.82) is 5.26 Å². The Hall–Kier alpha value is -3.27. The molecular formula is C27H31N3O4. The number of rotatable bonds is 3. The average Bonchev–Trinajstić information content (AvgIpc) is 3.29. The predicted octanol–water partition coefficient (Wildman–Crippen LogP) is 3.98. The first-order valence-corrected chi connectivity index (χ1v) is 12.2. The summed E-state index contributed by atoms with van der Waals surface area (Å²) in [6, 6.07) is 6.20. The second-order valence-corrected chi connectivity index (χ2v) is 9.94. The number of fused-ring (bicyclic) bond motifs is 3. The first-order valence-electron chi connectivity index (χ1n) is 12.2. The maximum Gasteiger partial charge on any atom is 0.266 e. The Morgan fingerprint density at radius 2 is 1.88 bits per heavy atom. The number of ether oxygens (including phenoxy) is 2. The second kappa shape index (κ2) is 8.50. The number of H-pyrrole nitrogens is 1. The zero-order valence-corrected chi connectivity index (χ0v) is 20.1. The fraction of sp³-hybridized carbons (Fsp3) is 0.519. The van der Waals surface area contributed by atoms with Crippen LogP contribution in [0.25, 0.3) is 0 Å². The molecular weight excluding hydrogens is 430 g/mol. The van der Waals surface area contributed by atoms with E-state index in [2.05, 4.69) is 24.0 Å². The standard InChI is InChI=1S/C27H31N3O4/c1-16-19(17(2)29-26(32)21(16)14-28)6-7-25(31)30-15-27(8-4-5-9-27)22-13-24-23(33-10-11-34-24)12-20(22)18(30)3/h12-13,18H,4-11,15H2,1-3H3,(H,29,32)/t18-/m0/s1. The molecule has 5 rings (SSSR count). The van der Waals surface area contributed by atoms with Crippen LogP contribution in [0.4, 0.5) is 0 Å². The molecule has 1 atom stereocenters. The van der Waals surface area contributed by atoms with E-state index in [1.54, 1.807) is 6.92 Å². The van der Waals surface area contributed by atoms with Crippen molar-refractivity contribution >= 4 is 5.91 Å². The van der Waals surface area contributed by atoms with Crippen LogP contribution in [0.2, 0.25) is 0 Å². The number of nitrogens with one attached hydrogen (secondary N) is 1. The highest BCUT2D eigenvalue weighted by molar-refractivity contribution is 5.78. The van der Waals surface area contributed by atoms with Crippen molar-refractivity contribution in [1.82, 2.24) is 9.88 Å². The number of hydrogen-bond donors (Lipinski definition) is 1. The third kappa shape index (κ3) is 3.56. The Morgan fingerprint density at radius 3 is 2.56 bits per heavy atom. The van der Waals surface area contributed by atoms with Gasteiger partial charge in [0.15, 0.2) is 11.5 Å². The minimum atomic E-state index is -0.369. The molecule has 178 valence electrons. The Labute approximate surface area is 199 Å². The summed E-state index contributed by atoms with van der Waals surface area (Å²) in [5.41, 5.74) is 4.48. The van der Waals surface area contributed by atoms with Gasteiger partial charge in [0.2, 0.25) is 5.91 Å². The summed E-state index contributed by atoms with van der Waals surface area (Å²) in [6.07, 6.45) is 5.29. The topological polar surface area (TPSA) is 95.4 Å². The maximum absolute atomic E-state index is 13.6. The minimum absolute atomic E-state index is 0.0366. The highest BCUT2D eigenvalue weighted by Gasteiger charge is 2.46. The number of amides is 1. The van der Waals surface area contributed by atoms with Gasteiger partial charge in [0, 0.05) is 24.1 Å². The minimum Gasteiger partial charge on any atom is -0.486 e. The lowest BCUT2D eigenvalue weighted by Gasteiger charge is -2.46. The monoisotopic (exact) mass is 461 g/mol. The molecule has 7 nitrogen and oxygen atoms in total. The van der Waals surface area contributed by atoms with Crippen molar-refractivity contribution < 1.29 is 14.3 Å². The summed E-state index contributed by atoms with van der Waals surface area (Å²) in [4.78, 5) is 30.5. The van der Waals surface area contributed by atoms with Crippen LogP contribution in [0, 0.1) is 25.2 Å². The average molecular weight is 462 g/mol. The molecule has 1 spiro atoms. The van der Waals surface area contributed by atoms with E-state index >= 15 is 0 Å². The second-order valence-electron chi connectivity index (χ2n) is 9.94. The largest absolute Gasteiger partial charge is 0.486 e. The van der Waals surface area contributed by atoms with E-state index in [1.807, 2.05) is 17.9 Å². The Balaban J connectivity index is 1.45. The summed E-state index contributed by atoms with van der Waals surface area (Å²) < 4.78 is 11.7. The molecule has 3 aliphatic rings. The molecule has 1 aromatic heterocycles. The van der Waals surface area contributed by atoms with Gasteiger partial charge in [-0.2, -0.15) is 5.26 Å². The van der Waals surface area contributed by atoms with Crippen molar-refractivity contribution in [3.63, 3.8) is 0 Å². The van der Waals surface area contributed by atoms with E-state index in [1.165, 1.54) is 5.56 Å². The lowest BCUT2D eigenvalue weighted by Crippen LogP contribution is -2.48. The van der Waals surface area contributed by atoms with E-state index < -0.39 is 0 Å². The maximum atomic E-state index is 13.6. The van der Waals surface area contributed by atoms with E-state index in [9.17, 15) is 14.9 Å². The van der Waals surface area contributed by atoms with E-state index in [4.69, 9.17) is 9.47 Å². The van der Waals surface area contributed by atoms with Crippen LogP contribution in [0.15, 0.2) is 16.9 Å². The van der Waals surface area contributed by atoms with Crippen LogP contribution < -0.4 is 15.0 Å². The highest BCUT2D eigenvalue weighted by Crippen LogP contribution is 2.52. The van der Waals surface area contributed by atoms with Gasteiger partial charge in [-0.05, 0) is 74.4 Å². The molecule has 1 fully saturated rings. The summed E-state index contributed by atoms with van der Waals surface area (Å²) in [5, 5.41) is 9.36. The number of nitriles is 1. The Bertz CT molecular complexity index is 1250. The molecule has 2 aliphatic heterocycles. The zero-order valence-electron chi connectivity index (χ0n) is 20.1. The van der Waals surface area contributed by atoms with Gasteiger partial charge >= 0.3 is 0 Å². The third-order valence-corrected chi connectivity index (χ3v) is 8.07. The fourth-order valence-corrected chi connectivity index (χ4v) is 6.20. The molecule has 3 heterocycles.